The molecule has 3 aromatic rings. The fraction of sp³-hybridized carbons (Fsp3) is 0.208. The molecule has 5 rings (SSSR count). The van der Waals surface area contributed by atoms with E-state index in [4.69, 9.17) is 10.1 Å². The number of nitrogens with zero attached hydrogens (tertiary/aromatic N) is 3. The van der Waals surface area contributed by atoms with Crippen LogP contribution in [0, 0.1) is 0 Å². The predicted molar refractivity (Wildman–Crippen MR) is 122 cm³/mol. The Morgan fingerprint density at radius 3 is 2.70 bits per heavy atom. The standard InChI is InChI=1S/C24H22N4OS/c1-2-3-14-30-24-26-23(29)21-19-10-6-7-11-20(19)25-22(28(21)27-24)18-13-12-16-8-4-5-9-17(16)15-18/h4-13,15,22H,2-3,14H2,1H3,(H,26,27,29)/t22-/m0/s1. The van der Waals surface area contributed by atoms with E-state index in [0.29, 0.717) is 10.9 Å². The fourth-order valence-corrected chi connectivity index (χ4v) is 4.73. The van der Waals surface area contributed by atoms with Crippen molar-refractivity contribution in [2.45, 2.75) is 25.9 Å². The van der Waals surface area contributed by atoms with Crippen molar-refractivity contribution in [2.24, 2.45) is 10.1 Å². The summed E-state index contributed by atoms with van der Waals surface area (Å²) in [5.41, 5.74) is 1.57. The number of fused-ring (bicyclic) bond motifs is 3. The molecule has 0 fully saturated rings. The molecule has 2 aliphatic rings. The van der Waals surface area contributed by atoms with Gasteiger partial charge in [-0.05, 0) is 34.9 Å². The van der Waals surface area contributed by atoms with E-state index in [1.54, 1.807) is 16.8 Å². The number of para-hydroxylation sites is 1. The van der Waals surface area contributed by atoms with Gasteiger partial charge in [-0.3, -0.25) is 15.1 Å². The van der Waals surface area contributed by atoms with Gasteiger partial charge < -0.3 is 0 Å². The Balaban J connectivity index is 1.65. The molecule has 1 atom stereocenters. The first-order valence-electron chi connectivity index (χ1n) is 10.2. The summed E-state index contributed by atoms with van der Waals surface area (Å²) in [5, 5.41) is 14.2. The van der Waals surface area contributed by atoms with E-state index < -0.39 is 0 Å². The highest BCUT2D eigenvalue weighted by atomic mass is 32.2. The molecule has 3 aromatic carbocycles. The maximum atomic E-state index is 13.1. The lowest BCUT2D eigenvalue weighted by atomic mass is 10.0. The van der Waals surface area contributed by atoms with E-state index in [-0.39, 0.29) is 12.1 Å². The van der Waals surface area contributed by atoms with Crippen molar-refractivity contribution in [2.75, 3.05) is 5.75 Å². The van der Waals surface area contributed by atoms with E-state index >= 15 is 0 Å². The molecule has 2 aliphatic heterocycles. The minimum absolute atomic E-state index is 0.128. The lowest BCUT2D eigenvalue weighted by molar-refractivity contribution is -0.116. The molecule has 0 spiro atoms. The quantitative estimate of drug-likeness (QED) is 0.665. The third-order valence-corrected chi connectivity index (χ3v) is 6.27. The molecule has 1 amide bonds. The Bertz CT molecular complexity index is 1280. The van der Waals surface area contributed by atoms with Crippen LogP contribution in [-0.4, -0.2) is 21.8 Å². The second-order valence-corrected chi connectivity index (χ2v) is 8.46. The third-order valence-electron chi connectivity index (χ3n) is 5.32. The molecule has 0 radical (unpaired) electrons. The number of carbonyl (C=O) groups excluding carboxylic acids is 1. The molecule has 5 nitrogen and oxygen atoms in total. The smallest absolute Gasteiger partial charge is 0.276 e. The number of unbranched alkanes of at least 4 members (excludes halogenated alkanes) is 1. The molecule has 0 bridgehead atoms. The normalized spacial score (nSPS) is 17.7. The Hall–Kier alpha value is -3.12. The van der Waals surface area contributed by atoms with Crippen LogP contribution in [0.5, 0.6) is 0 Å². The van der Waals surface area contributed by atoms with E-state index in [1.165, 1.54) is 5.39 Å². The largest absolute Gasteiger partial charge is 0.298 e. The van der Waals surface area contributed by atoms with Gasteiger partial charge >= 0.3 is 0 Å². The Morgan fingerprint density at radius 2 is 1.83 bits per heavy atom. The first-order valence-corrected chi connectivity index (χ1v) is 11.2. The first-order chi connectivity index (χ1) is 14.7. The second-order valence-electron chi connectivity index (χ2n) is 7.38. The van der Waals surface area contributed by atoms with Gasteiger partial charge in [-0.15, -0.1) is 5.10 Å². The topological polar surface area (TPSA) is 57.1 Å². The molecular formula is C24H22N4OS. The minimum Gasteiger partial charge on any atom is -0.298 e. The zero-order valence-corrected chi connectivity index (χ0v) is 17.5. The minimum atomic E-state index is -0.382. The number of hydrazone groups is 1. The number of amides is 1. The summed E-state index contributed by atoms with van der Waals surface area (Å²) >= 11 is 1.58. The monoisotopic (exact) mass is 414 g/mol. The van der Waals surface area contributed by atoms with Gasteiger partial charge in [0.1, 0.15) is 5.70 Å². The van der Waals surface area contributed by atoms with Gasteiger partial charge in [0.2, 0.25) is 0 Å². The molecular weight excluding hydrogens is 392 g/mol. The van der Waals surface area contributed by atoms with Gasteiger partial charge in [-0.2, -0.15) is 0 Å². The van der Waals surface area contributed by atoms with Crippen molar-refractivity contribution >= 4 is 39.3 Å². The molecule has 0 saturated heterocycles. The lowest BCUT2D eigenvalue weighted by Crippen LogP contribution is -2.50. The lowest BCUT2D eigenvalue weighted by Gasteiger charge is -2.34. The van der Waals surface area contributed by atoms with Gasteiger partial charge in [0.25, 0.3) is 5.91 Å². The van der Waals surface area contributed by atoms with Crippen molar-refractivity contribution in [3.8, 4) is 0 Å². The number of hydrogen-bond donors (Lipinski definition) is 1. The average molecular weight is 415 g/mol. The van der Waals surface area contributed by atoms with Crippen LogP contribution in [0.25, 0.3) is 16.5 Å². The van der Waals surface area contributed by atoms with Crippen molar-refractivity contribution in [3.63, 3.8) is 0 Å². The molecule has 1 N–H and O–H groups in total. The highest BCUT2D eigenvalue weighted by Crippen LogP contribution is 2.32. The average Bonchev–Trinajstić information content (AvgIpc) is 2.78. The molecule has 0 aliphatic carbocycles. The van der Waals surface area contributed by atoms with Crippen LogP contribution in [0.4, 0.5) is 0 Å². The third kappa shape index (κ3) is 3.37. The van der Waals surface area contributed by atoms with E-state index in [2.05, 4.69) is 42.6 Å². The molecule has 0 aromatic heterocycles. The van der Waals surface area contributed by atoms with Crippen LogP contribution in [0.3, 0.4) is 0 Å². The Kier molecular flexibility index (Phi) is 5.01. The van der Waals surface area contributed by atoms with Gasteiger partial charge in [0, 0.05) is 11.0 Å². The van der Waals surface area contributed by atoms with Crippen molar-refractivity contribution < 1.29 is 4.79 Å². The van der Waals surface area contributed by atoms with E-state index in [1.807, 2.05) is 36.4 Å². The van der Waals surface area contributed by atoms with Crippen LogP contribution in [0.1, 0.15) is 31.5 Å². The number of rotatable bonds is 4. The Morgan fingerprint density at radius 1 is 1.03 bits per heavy atom. The SMILES string of the molecule is CCCCSC1=NN2C(=c3ccccc3=N[C@@H]2c2ccc3ccccc3c2)C(=O)N1. The summed E-state index contributed by atoms with van der Waals surface area (Å²) in [6.45, 7) is 2.16. The van der Waals surface area contributed by atoms with Crippen LogP contribution >= 0.6 is 11.8 Å². The zero-order chi connectivity index (χ0) is 20.5. The Labute approximate surface area is 179 Å². The second kappa shape index (κ2) is 7.95. The van der Waals surface area contributed by atoms with Crippen molar-refractivity contribution in [3.05, 3.63) is 82.9 Å². The summed E-state index contributed by atoms with van der Waals surface area (Å²) < 4.78 is 0. The van der Waals surface area contributed by atoms with Crippen LogP contribution < -0.4 is 15.9 Å². The summed E-state index contributed by atoms with van der Waals surface area (Å²) in [5.74, 6) is 0.796. The van der Waals surface area contributed by atoms with Gasteiger partial charge in [0.15, 0.2) is 11.3 Å². The van der Waals surface area contributed by atoms with Crippen molar-refractivity contribution in [1.29, 1.82) is 0 Å². The maximum Gasteiger partial charge on any atom is 0.276 e. The molecule has 150 valence electrons. The first kappa shape index (κ1) is 18.9. The van der Waals surface area contributed by atoms with Crippen LogP contribution in [-0.2, 0) is 4.79 Å². The summed E-state index contributed by atoms with van der Waals surface area (Å²) in [6, 6.07) is 22.3. The van der Waals surface area contributed by atoms with E-state index in [0.717, 1.165) is 40.1 Å². The molecule has 0 unspecified atom stereocenters. The fourth-order valence-electron chi connectivity index (χ4n) is 3.79. The van der Waals surface area contributed by atoms with Crippen LogP contribution in [0.15, 0.2) is 76.8 Å². The van der Waals surface area contributed by atoms with Gasteiger partial charge in [-0.1, -0.05) is 79.7 Å². The molecule has 2 heterocycles. The zero-order valence-electron chi connectivity index (χ0n) is 16.7. The van der Waals surface area contributed by atoms with Gasteiger partial charge in [0.05, 0.1) is 5.36 Å². The summed E-state index contributed by atoms with van der Waals surface area (Å²) in [4.78, 5) is 18.1. The predicted octanol–water partition coefficient (Wildman–Crippen LogP) is 3.52. The molecule has 6 heteroatoms. The summed E-state index contributed by atoms with van der Waals surface area (Å²) in [6.07, 6.45) is 1.81. The van der Waals surface area contributed by atoms with E-state index in [9.17, 15) is 4.79 Å². The number of hydrogen-bond acceptors (Lipinski definition) is 5. The van der Waals surface area contributed by atoms with Crippen LogP contribution in [0.2, 0.25) is 0 Å². The van der Waals surface area contributed by atoms with Gasteiger partial charge in [-0.25, -0.2) is 5.01 Å². The number of amidine groups is 1. The molecule has 30 heavy (non-hydrogen) atoms. The maximum absolute atomic E-state index is 13.1. The number of nitrogens with one attached hydrogen (secondary N) is 1. The number of benzene rings is 3. The number of thioether (sulfide) groups is 1. The summed E-state index contributed by atoms with van der Waals surface area (Å²) in [7, 11) is 0. The number of carbonyl (C=O) groups is 1. The highest BCUT2D eigenvalue weighted by Gasteiger charge is 2.34. The van der Waals surface area contributed by atoms with Crippen molar-refractivity contribution in [1.82, 2.24) is 10.3 Å². The molecule has 0 saturated carbocycles. The highest BCUT2D eigenvalue weighted by molar-refractivity contribution is 8.13.